The molecule has 0 radical (unpaired) electrons. The van der Waals surface area contributed by atoms with Gasteiger partial charge < -0.3 is 5.32 Å². The highest BCUT2D eigenvalue weighted by Crippen LogP contribution is 2.25. The average molecular weight is 393 g/mol. The summed E-state index contributed by atoms with van der Waals surface area (Å²) in [5, 5.41) is 4.98. The number of hydrogen-bond donors (Lipinski definition) is 1. The lowest BCUT2D eigenvalue weighted by Gasteiger charge is -2.31. The molecule has 1 aromatic heterocycles. The number of aryl methyl sites for hydroxylation is 1. The van der Waals surface area contributed by atoms with Crippen LogP contribution in [0.4, 0.5) is 0 Å². The molecule has 0 spiro atoms. The van der Waals surface area contributed by atoms with Crippen molar-refractivity contribution in [3.63, 3.8) is 0 Å². The minimum atomic E-state index is -3.56. The molecule has 7 heteroatoms. The van der Waals surface area contributed by atoms with Crippen molar-refractivity contribution in [2.75, 3.05) is 19.6 Å². The summed E-state index contributed by atoms with van der Waals surface area (Å²) in [6, 6.07) is 11.0. The number of hydrogen-bond acceptors (Lipinski definition) is 4. The second-order valence-corrected chi connectivity index (χ2v) is 9.53. The first-order valence-corrected chi connectivity index (χ1v) is 11.2. The molecule has 5 nitrogen and oxygen atoms in total. The third-order valence-corrected chi connectivity index (χ3v) is 7.68. The van der Waals surface area contributed by atoms with Crippen LogP contribution in [0, 0.1) is 12.8 Å². The number of carbonyl (C=O) groups is 1. The Morgan fingerprint density at radius 3 is 2.81 bits per heavy atom. The van der Waals surface area contributed by atoms with E-state index in [4.69, 9.17) is 0 Å². The lowest BCUT2D eigenvalue weighted by atomic mass is 9.99. The van der Waals surface area contributed by atoms with Crippen molar-refractivity contribution >= 4 is 27.3 Å². The van der Waals surface area contributed by atoms with Gasteiger partial charge in [0, 0.05) is 24.5 Å². The Morgan fingerprint density at radius 2 is 2.08 bits per heavy atom. The van der Waals surface area contributed by atoms with Crippen LogP contribution in [0.3, 0.4) is 0 Å². The average Bonchev–Trinajstić information content (AvgIpc) is 3.15. The third-order valence-electron chi connectivity index (χ3n) is 4.72. The molecule has 0 aliphatic carbocycles. The monoisotopic (exact) mass is 392 g/mol. The van der Waals surface area contributed by atoms with E-state index < -0.39 is 10.0 Å². The largest absolute Gasteiger partial charge is 0.355 e. The predicted molar refractivity (Wildman–Crippen MR) is 104 cm³/mol. The van der Waals surface area contributed by atoms with E-state index >= 15 is 0 Å². The molecule has 1 unspecified atom stereocenters. The number of amides is 1. The zero-order valence-electron chi connectivity index (χ0n) is 14.8. The Bertz CT molecular complexity index is 847. The van der Waals surface area contributed by atoms with Gasteiger partial charge in [-0.2, -0.15) is 4.31 Å². The molecule has 2 aromatic rings. The summed E-state index contributed by atoms with van der Waals surface area (Å²) in [6.07, 6.45) is 2.24. The quantitative estimate of drug-likeness (QED) is 0.822. The molecule has 1 saturated heterocycles. The number of sulfonamides is 1. The molecular formula is C19H24N2O3S2. The molecule has 1 fully saturated rings. The number of nitrogens with zero attached hydrogens (tertiary/aromatic N) is 1. The molecule has 26 heavy (non-hydrogen) atoms. The highest BCUT2D eigenvalue weighted by molar-refractivity contribution is 7.89. The van der Waals surface area contributed by atoms with Crippen molar-refractivity contribution in [3.8, 4) is 0 Å². The van der Waals surface area contributed by atoms with E-state index in [0.29, 0.717) is 24.4 Å². The lowest BCUT2D eigenvalue weighted by molar-refractivity contribution is -0.126. The van der Waals surface area contributed by atoms with Crippen molar-refractivity contribution in [2.45, 2.75) is 31.1 Å². The number of piperidine rings is 1. The topological polar surface area (TPSA) is 66.5 Å². The van der Waals surface area contributed by atoms with Crippen LogP contribution in [-0.2, 0) is 21.2 Å². The highest BCUT2D eigenvalue weighted by Gasteiger charge is 2.33. The Morgan fingerprint density at radius 1 is 1.27 bits per heavy atom. The van der Waals surface area contributed by atoms with E-state index in [9.17, 15) is 13.2 Å². The van der Waals surface area contributed by atoms with Gasteiger partial charge in [0.05, 0.1) is 10.8 Å². The van der Waals surface area contributed by atoms with Gasteiger partial charge in [-0.05, 0) is 49.3 Å². The lowest BCUT2D eigenvalue weighted by Crippen LogP contribution is -2.45. The zero-order valence-corrected chi connectivity index (χ0v) is 16.5. The standard InChI is InChI=1S/C19H24N2O3S2/c1-15-6-2-3-9-18(15)26(23,24)21-12-4-7-16(14-21)19(22)20-11-10-17-8-5-13-25-17/h2-3,5-6,8-9,13,16H,4,7,10-12,14H2,1H3,(H,20,22). The summed E-state index contributed by atoms with van der Waals surface area (Å²) in [6.45, 7) is 3.10. The number of carbonyl (C=O) groups excluding carboxylic acids is 1. The summed E-state index contributed by atoms with van der Waals surface area (Å²) >= 11 is 1.67. The molecule has 0 saturated carbocycles. The van der Waals surface area contributed by atoms with Gasteiger partial charge >= 0.3 is 0 Å². The third kappa shape index (κ3) is 4.34. The molecule has 1 aromatic carbocycles. The van der Waals surface area contributed by atoms with Gasteiger partial charge in [0.2, 0.25) is 15.9 Å². The fourth-order valence-corrected chi connectivity index (χ4v) is 5.73. The number of benzene rings is 1. The van der Waals surface area contributed by atoms with Gasteiger partial charge in [-0.3, -0.25) is 4.79 Å². The fraction of sp³-hybridized carbons (Fsp3) is 0.421. The maximum absolute atomic E-state index is 12.9. The Hall–Kier alpha value is -1.70. The second-order valence-electron chi connectivity index (χ2n) is 6.59. The molecule has 1 aliphatic rings. The first kappa shape index (κ1) is 19.1. The predicted octanol–water partition coefficient (Wildman–Crippen LogP) is 2.82. The van der Waals surface area contributed by atoms with E-state index in [-0.39, 0.29) is 18.4 Å². The van der Waals surface area contributed by atoms with E-state index in [1.54, 1.807) is 36.5 Å². The number of rotatable bonds is 6. The molecular weight excluding hydrogens is 368 g/mol. The van der Waals surface area contributed by atoms with Crippen molar-refractivity contribution in [1.82, 2.24) is 9.62 Å². The summed E-state index contributed by atoms with van der Waals surface area (Å²) in [4.78, 5) is 14.0. The van der Waals surface area contributed by atoms with Crippen LogP contribution in [0.25, 0.3) is 0 Å². The van der Waals surface area contributed by atoms with Gasteiger partial charge in [-0.15, -0.1) is 11.3 Å². The molecule has 2 heterocycles. The number of thiophene rings is 1. The Kier molecular flexibility index (Phi) is 6.11. The molecule has 1 N–H and O–H groups in total. The summed E-state index contributed by atoms with van der Waals surface area (Å²) in [5.41, 5.74) is 0.732. The molecule has 1 aliphatic heterocycles. The normalized spacial score (nSPS) is 18.6. The fourth-order valence-electron chi connectivity index (χ4n) is 3.27. The van der Waals surface area contributed by atoms with Gasteiger partial charge in [-0.25, -0.2) is 8.42 Å². The van der Waals surface area contributed by atoms with E-state index in [1.807, 2.05) is 23.6 Å². The SMILES string of the molecule is Cc1ccccc1S(=O)(=O)N1CCCC(C(=O)NCCc2cccs2)C1. The van der Waals surface area contributed by atoms with Crippen molar-refractivity contribution in [3.05, 3.63) is 52.2 Å². The minimum absolute atomic E-state index is 0.0498. The summed E-state index contributed by atoms with van der Waals surface area (Å²) in [7, 11) is -3.56. The van der Waals surface area contributed by atoms with Crippen LogP contribution in [0.2, 0.25) is 0 Å². The maximum Gasteiger partial charge on any atom is 0.243 e. The molecule has 0 bridgehead atoms. The minimum Gasteiger partial charge on any atom is -0.355 e. The molecule has 1 amide bonds. The maximum atomic E-state index is 12.9. The van der Waals surface area contributed by atoms with Crippen LogP contribution in [-0.4, -0.2) is 38.3 Å². The van der Waals surface area contributed by atoms with Crippen molar-refractivity contribution in [1.29, 1.82) is 0 Å². The Labute approximate surface area is 159 Å². The van der Waals surface area contributed by atoms with Crippen LogP contribution in [0.5, 0.6) is 0 Å². The van der Waals surface area contributed by atoms with E-state index in [1.165, 1.54) is 9.18 Å². The first-order chi connectivity index (χ1) is 12.5. The highest BCUT2D eigenvalue weighted by atomic mass is 32.2. The van der Waals surface area contributed by atoms with Crippen LogP contribution < -0.4 is 5.32 Å². The van der Waals surface area contributed by atoms with Crippen molar-refractivity contribution < 1.29 is 13.2 Å². The van der Waals surface area contributed by atoms with Gasteiger partial charge in [0.1, 0.15) is 0 Å². The van der Waals surface area contributed by atoms with E-state index in [2.05, 4.69) is 5.32 Å². The molecule has 140 valence electrons. The Balaban J connectivity index is 1.61. The summed E-state index contributed by atoms with van der Waals surface area (Å²) in [5.74, 6) is -0.336. The van der Waals surface area contributed by atoms with Gasteiger partial charge in [0.25, 0.3) is 0 Å². The smallest absolute Gasteiger partial charge is 0.243 e. The summed E-state index contributed by atoms with van der Waals surface area (Å²) < 4.78 is 27.3. The zero-order chi connectivity index (χ0) is 18.6. The van der Waals surface area contributed by atoms with Gasteiger partial charge in [0.15, 0.2) is 0 Å². The van der Waals surface area contributed by atoms with Crippen molar-refractivity contribution in [2.24, 2.45) is 5.92 Å². The van der Waals surface area contributed by atoms with E-state index in [0.717, 1.165) is 18.4 Å². The molecule has 3 rings (SSSR count). The second kappa shape index (κ2) is 8.33. The first-order valence-electron chi connectivity index (χ1n) is 8.84. The molecule has 1 atom stereocenters. The van der Waals surface area contributed by atoms with Crippen LogP contribution in [0.15, 0.2) is 46.7 Å². The van der Waals surface area contributed by atoms with Gasteiger partial charge in [-0.1, -0.05) is 24.3 Å². The number of nitrogens with one attached hydrogen (secondary N) is 1. The van der Waals surface area contributed by atoms with Crippen LogP contribution >= 0.6 is 11.3 Å². The van der Waals surface area contributed by atoms with Crippen LogP contribution in [0.1, 0.15) is 23.3 Å².